The lowest BCUT2D eigenvalue weighted by atomic mass is 10.0. The molecular weight excluding hydrogens is 395 g/mol. The molecule has 0 saturated heterocycles. The molecule has 140 valence electrons. The van der Waals surface area contributed by atoms with Gasteiger partial charge in [-0.15, -0.1) is 0 Å². The Balaban J connectivity index is 0.000000878. The highest BCUT2D eigenvalue weighted by molar-refractivity contribution is 6.42. The third-order valence-electron chi connectivity index (χ3n) is 4.03. The minimum atomic E-state index is 0.250. The molecule has 3 rings (SSSR count). The number of nitrogens with one attached hydrogen (secondary N) is 1. The van der Waals surface area contributed by atoms with Crippen molar-refractivity contribution in [3.8, 4) is 17.2 Å². The zero-order chi connectivity index (χ0) is 20.5. The maximum Gasteiger partial charge on any atom is 0.373 e. The Morgan fingerprint density at radius 3 is 2.07 bits per heavy atom. The van der Waals surface area contributed by atoms with Gasteiger partial charge in [-0.2, -0.15) is 14.9 Å². The van der Waals surface area contributed by atoms with Crippen molar-refractivity contribution in [1.29, 1.82) is 5.26 Å². The normalized spacial score (nSPS) is 9.50. The number of anilines is 2. The average molecular weight is 411 g/mol. The summed E-state index contributed by atoms with van der Waals surface area (Å²) >= 11 is 12.1. The van der Waals surface area contributed by atoms with Crippen LogP contribution in [-0.2, 0) is 16.0 Å². The van der Waals surface area contributed by atoms with Gasteiger partial charge in [0.1, 0.15) is 6.07 Å². The van der Waals surface area contributed by atoms with Gasteiger partial charge in [-0.3, -0.25) is 0 Å². The summed E-state index contributed by atoms with van der Waals surface area (Å²) in [4.78, 5) is 16.2. The molecule has 28 heavy (non-hydrogen) atoms. The van der Waals surface area contributed by atoms with Crippen molar-refractivity contribution >= 4 is 40.7 Å². The van der Waals surface area contributed by atoms with E-state index in [-0.39, 0.29) is 6.15 Å². The summed E-state index contributed by atoms with van der Waals surface area (Å²) in [6.45, 7) is 2.12. The maximum absolute atomic E-state index is 9.51. The third kappa shape index (κ3) is 5.45. The molecule has 0 aromatic heterocycles. The molecule has 0 aliphatic heterocycles. The molecule has 6 heteroatoms. The maximum atomic E-state index is 9.51. The Hall–Kier alpha value is -3.09. The standard InChI is InChI=1S/C21H16Cl2N2.CO2/c1-2-14-3-7-18(8-4-14)25-21-10-6-15(11-17(21)13-24)16-5-9-19(22)20(23)12-16;2-1-3/h3-12,25H,2H2,1H3;. The molecule has 0 bridgehead atoms. The molecule has 0 amide bonds. The van der Waals surface area contributed by atoms with Crippen LogP contribution in [0.4, 0.5) is 11.4 Å². The number of rotatable bonds is 4. The van der Waals surface area contributed by atoms with E-state index in [9.17, 15) is 5.26 Å². The summed E-state index contributed by atoms with van der Waals surface area (Å²) in [7, 11) is 0. The fourth-order valence-electron chi connectivity index (χ4n) is 2.58. The fourth-order valence-corrected chi connectivity index (χ4v) is 2.88. The molecule has 1 N–H and O–H groups in total. The first kappa shape index (κ1) is 21.2. The highest BCUT2D eigenvalue weighted by atomic mass is 35.5. The Bertz CT molecular complexity index is 1040. The highest BCUT2D eigenvalue weighted by Crippen LogP contribution is 2.31. The van der Waals surface area contributed by atoms with Crippen LogP contribution in [0.25, 0.3) is 11.1 Å². The first-order valence-electron chi connectivity index (χ1n) is 8.37. The van der Waals surface area contributed by atoms with Gasteiger partial charge in [0.2, 0.25) is 0 Å². The number of hydrogen-bond acceptors (Lipinski definition) is 4. The molecule has 0 radical (unpaired) electrons. The van der Waals surface area contributed by atoms with Crippen molar-refractivity contribution in [3.63, 3.8) is 0 Å². The highest BCUT2D eigenvalue weighted by Gasteiger charge is 2.07. The van der Waals surface area contributed by atoms with Gasteiger partial charge in [-0.05, 0) is 59.5 Å². The summed E-state index contributed by atoms with van der Waals surface area (Å²) in [5.41, 5.74) is 5.42. The predicted molar refractivity (Wildman–Crippen MR) is 111 cm³/mol. The van der Waals surface area contributed by atoms with E-state index in [1.54, 1.807) is 12.1 Å². The Labute approximate surface area is 173 Å². The molecule has 0 atom stereocenters. The van der Waals surface area contributed by atoms with Gasteiger partial charge in [0.05, 0.1) is 21.3 Å². The summed E-state index contributed by atoms with van der Waals surface area (Å²) < 4.78 is 0. The third-order valence-corrected chi connectivity index (χ3v) is 4.77. The lowest BCUT2D eigenvalue weighted by Crippen LogP contribution is -1.94. The van der Waals surface area contributed by atoms with E-state index in [2.05, 4.69) is 30.4 Å². The number of hydrogen-bond donors (Lipinski definition) is 1. The van der Waals surface area contributed by atoms with Crippen LogP contribution < -0.4 is 5.32 Å². The Morgan fingerprint density at radius 2 is 1.50 bits per heavy atom. The smallest absolute Gasteiger partial charge is 0.354 e. The van der Waals surface area contributed by atoms with Crippen LogP contribution >= 0.6 is 23.2 Å². The molecule has 3 aromatic carbocycles. The quantitative estimate of drug-likeness (QED) is 0.551. The molecule has 0 unspecified atom stereocenters. The second-order valence-corrected chi connectivity index (χ2v) is 6.57. The number of nitriles is 1. The van der Waals surface area contributed by atoms with Gasteiger partial charge < -0.3 is 5.32 Å². The van der Waals surface area contributed by atoms with Crippen LogP contribution in [0.1, 0.15) is 18.1 Å². The van der Waals surface area contributed by atoms with E-state index in [0.717, 1.165) is 28.9 Å². The first-order valence-corrected chi connectivity index (χ1v) is 9.12. The lowest BCUT2D eigenvalue weighted by molar-refractivity contribution is -0.191. The second-order valence-electron chi connectivity index (χ2n) is 5.76. The molecule has 0 spiro atoms. The van der Waals surface area contributed by atoms with Gasteiger partial charge in [-0.1, -0.05) is 54.4 Å². The van der Waals surface area contributed by atoms with Crippen molar-refractivity contribution in [2.75, 3.05) is 5.32 Å². The van der Waals surface area contributed by atoms with E-state index in [1.165, 1.54) is 5.56 Å². The Morgan fingerprint density at radius 1 is 0.893 bits per heavy atom. The summed E-state index contributed by atoms with van der Waals surface area (Å²) in [6.07, 6.45) is 1.25. The molecule has 0 saturated carbocycles. The summed E-state index contributed by atoms with van der Waals surface area (Å²) in [5, 5.41) is 13.8. The minimum Gasteiger partial charge on any atom is -0.354 e. The minimum absolute atomic E-state index is 0.250. The van der Waals surface area contributed by atoms with E-state index < -0.39 is 0 Å². The number of halogens is 2. The molecule has 0 aliphatic rings. The van der Waals surface area contributed by atoms with Crippen molar-refractivity contribution in [3.05, 3.63) is 81.8 Å². The average Bonchev–Trinajstić information content (AvgIpc) is 2.71. The van der Waals surface area contributed by atoms with Gasteiger partial charge in [0.15, 0.2) is 0 Å². The van der Waals surface area contributed by atoms with Crippen LogP contribution in [0, 0.1) is 11.3 Å². The SMILES string of the molecule is CCc1ccc(Nc2ccc(-c3ccc(Cl)c(Cl)c3)cc2C#N)cc1.O=C=O. The van der Waals surface area contributed by atoms with Gasteiger partial charge in [0.25, 0.3) is 0 Å². The lowest BCUT2D eigenvalue weighted by Gasteiger charge is -2.11. The fraction of sp³-hybridized carbons (Fsp3) is 0.0909. The van der Waals surface area contributed by atoms with E-state index in [1.807, 2.05) is 36.4 Å². The Kier molecular flexibility index (Phi) is 7.80. The second kappa shape index (κ2) is 10.3. The predicted octanol–water partition coefficient (Wildman–Crippen LogP) is 6.25. The monoisotopic (exact) mass is 410 g/mol. The van der Waals surface area contributed by atoms with E-state index in [4.69, 9.17) is 32.8 Å². The van der Waals surface area contributed by atoms with Crippen molar-refractivity contribution in [1.82, 2.24) is 0 Å². The molecule has 3 aromatic rings. The van der Waals surface area contributed by atoms with Gasteiger partial charge >= 0.3 is 6.15 Å². The molecule has 0 aliphatic carbocycles. The van der Waals surface area contributed by atoms with Crippen LogP contribution in [-0.4, -0.2) is 6.15 Å². The molecule has 0 fully saturated rings. The van der Waals surface area contributed by atoms with Gasteiger partial charge in [0, 0.05) is 5.69 Å². The van der Waals surface area contributed by atoms with E-state index >= 15 is 0 Å². The molecule has 0 heterocycles. The zero-order valence-electron chi connectivity index (χ0n) is 15.0. The molecular formula is C22H16Cl2N2O2. The summed E-state index contributed by atoms with van der Waals surface area (Å²) in [6, 6.07) is 21.6. The van der Waals surface area contributed by atoms with Crippen LogP contribution in [0.15, 0.2) is 60.7 Å². The zero-order valence-corrected chi connectivity index (χ0v) is 16.5. The van der Waals surface area contributed by atoms with Crippen LogP contribution in [0.3, 0.4) is 0 Å². The van der Waals surface area contributed by atoms with Crippen LogP contribution in [0.2, 0.25) is 10.0 Å². The van der Waals surface area contributed by atoms with E-state index in [0.29, 0.717) is 15.6 Å². The topological polar surface area (TPSA) is 70.0 Å². The number of carbonyl (C=O) groups excluding carboxylic acids is 2. The first-order chi connectivity index (χ1) is 13.5. The largest absolute Gasteiger partial charge is 0.373 e. The van der Waals surface area contributed by atoms with Crippen molar-refractivity contribution in [2.45, 2.75) is 13.3 Å². The number of benzene rings is 3. The van der Waals surface area contributed by atoms with Crippen molar-refractivity contribution in [2.24, 2.45) is 0 Å². The van der Waals surface area contributed by atoms with Crippen molar-refractivity contribution < 1.29 is 9.59 Å². The molecule has 4 nitrogen and oxygen atoms in total. The summed E-state index contributed by atoms with van der Waals surface area (Å²) in [5.74, 6) is 0. The van der Waals surface area contributed by atoms with Gasteiger partial charge in [-0.25, -0.2) is 0 Å². The number of aryl methyl sites for hydroxylation is 1. The van der Waals surface area contributed by atoms with Crippen LogP contribution in [0.5, 0.6) is 0 Å². The number of nitrogens with zero attached hydrogens (tertiary/aromatic N) is 1.